The van der Waals surface area contributed by atoms with Crippen LogP contribution < -0.4 is 10.6 Å². The van der Waals surface area contributed by atoms with Crippen LogP contribution >= 0.6 is 11.3 Å². The van der Waals surface area contributed by atoms with Gasteiger partial charge in [-0.1, -0.05) is 23.8 Å². The number of hydrogen-bond acceptors (Lipinski definition) is 5. The Hall–Kier alpha value is -2.93. The lowest BCUT2D eigenvalue weighted by atomic mass is 10.0. The molecule has 2 N–H and O–H groups in total. The van der Waals surface area contributed by atoms with Gasteiger partial charge in [0.1, 0.15) is 12.4 Å². The molecule has 3 heterocycles. The van der Waals surface area contributed by atoms with E-state index in [1.165, 1.54) is 11.9 Å². The van der Waals surface area contributed by atoms with Crippen molar-refractivity contribution in [3.8, 4) is 0 Å². The zero-order valence-corrected chi connectivity index (χ0v) is 15.6. The zero-order chi connectivity index (χ0) is 18.3. The number of rotatable bonds is 3. The first-order chi connectivity index (χ1) is 12.5. The molecule has 1 atom stereocenters. The summed E-state index contributed by atoms with van der Waals surface area (Å²) in [6.45, 7) is 5.93. The average Bonchev–Trinajstić information content (AvgIpc) is 3.27. The number of carbonyl (C=O) groups is 1. The molecule has 0 fully saturated rings. The van der Waals surface area contributed by atoms with Gasteiger partial charge in [0.05, 0.1) is 5.57 Å². The molecule has 0 bridgehead atoms. The number of anilines is 2. The second-order valence-electron chi connectivity index (χ2n) is 6.38. The fourth-order valence-corrected chi connectivity index (χ4v) is 4.06. The molecule has 4 rings (SSSR count). The lowest BCUT2D eigenvalue weighted by molar-refractivity contribution is -0.113. The van der Waals surface area contributed by atoms with E-state index < -0.39 is 0 Å². The third kappa shape index (κ3) is 2.80. The van der Waals surface area contributed by atoms with Crippen molar-refractivity contribution in [2.24, 2.45) is 0 Å². The fraction of sp³-hybridized carbons (Fsp3) is 0.211. The van der Waals surface area contributed by atoms with Crippen molar-refractivity contribution in [1.29, 1.82) is 0 Å². The molecule has 132 valence electrons. The summed E-state index contributed by atoms with van der Waals surface area (Å²) in [4.78, 5) is 18.5. The first-order valence-electron chi connectivity index (χ1n) is 8.34. The Kier molecular flexibility index (Phi) is 4.08. The molecule has 6 nitrogen and oxygen atoms in total. The number of nitrogens with one attached hydrogen (secondary N) is 2. The number of amides is 1. The minimum Gasteiger partial charge on any atom is -0.328 e. The molecule has 0 aliphatic carbocycles. The maximum Gasteiger partial charge on any atom is 0.255 e. The van der Waals surface area contributed by atoms with E-state index >= 15 is 0 Å². The lowest BCUT2D eigenvalue weighted by Gasteiger charge is -2.28. The van der Waals surface area contributed by atoms with E-state index in [1.807, 2.05) is 50.4 Å². The summed E-state index contributed by atoms with van der Waals surface area (Å²) in [5, 5.41) is 12.6. The van der Waals surface area contributed by atoms with Gasteiger partial charge in [-0.2, -0.15) is 10.1 Å². The van der Waals surface area contributed by atoms with Crippen LogP contribution in [-0.4, -0.2) is 20.7 Å². The highest BCUT2D eigenvalue weighted by atomic mass is 32.1. The fourth-order valence-electron chi connectivity index (χ4n) is 3.24. The van der Waals surface area contributed by atoms with Gasteiger partial charge in [-0.25, -0.2) is 4.68 Å². The Morgan fingerprint density at radius 3 is 2.85 bits per heavy atom. The predicted octanol–water partition coefficient (Wildman–Crippen LogP) is 3.88. The molecule has 3 aromatic rings. The largest absolute Gasteiger partial charge is 0.328 e. The molecule has 26 heavy (non-hydrogen) atoms. The van der Waals surface area contributed by atoms with E-state index in [-0.39, 0.29) is 11.9 Å². The molecule has 1 amide bonds. The molecule has 7 heteroatoms. The SMILES string of the molecule is CC1=C(C(=O)Nc2ccc(C)cc2C)C(c2cccs2)n2ncnc2N1. The summed E-state index contributed by atoms with van der Waals surface area (Å²) in [6, 6.07) is 9.70. The highest BCUT2D eigenvalue weighted by Gasteiger charge is 2.34. The van der Waals surface area contributed by atoms with Crippen molar-refractivity contribution in [3.63, 3.8) is 0 Å². The predicted molar refractivity (Wildman–Crippen MR) is 103 cm³/mol. The number of benzene rings is 1. The summed E-state index contributed by atoms with van der Waals surface area (Å²) in [7, 11) is 0. The number of thiophene rings is 1. The monoisotopic (exact) mass is 365 g/mol. The standard InChI is InChI=1S/C19H19N5OS/c1-11-6-7-14(12(2)9-11)23-18(25)16-13(3)22-19-20-10-21-24(19)17(16)15-5-4-8-26-15/h4-10,17H,1-3H3,(H,23,25)(H,20,21,22). The van der Waals surface area contributed by atoms with Crippen molar-refractivity contribution < 1.29 is 4.79 Å². The van der Waals surface area contributed by atoms with Crippen LogP contribution in [-0.2, 0) is 4.79 Å². The van der Waals surface area contributed by atoms with Crippen LogP contribution in [0.1, 0.15) is 29.0 Å². The molecule has 0 saturated heterocycles. The van der Waals surface area contributed by atoms with Gasteiger partial charge in [-0.15, -0.1) is 11.3 Å². The van der Waals surface area contributed by atoms with Gasteiger partial charge >= 0.3 is 0 Å². The van der Waals surface area contributed by atoms with Crippen molar-refractivity contribution >= 4 is 28.9 Å². The van der Waals surface area contributed by atoms with Gasteiger partial charge < -0.3 is 10.6 Å². The Labute approximate surface area is 155 Å². The maximum atomic E-state index is 13.2. The van der Waals surface area contributed by atoms with Crippen LogP contribution in [0.3, 0.4) is 0 Å². The van der Waals surface area contributed by atoms with Gasteiger partial charge in [0, 0.05) is 16.3 Å². The summed E-state index contributed by atoms with van der Waals surface area (Å²) in [5.41, 5.74) is 4.44. The van der Waals surface area contributed by atoms with Gasteiger partial charge in [0.2, 0.25) is 5.95 Å². The van der Waals surface area contributed by atoms with Crippen LogP contribution in [0.15, 0.2) is 53.3 Å². The highest BCUT2D eigenvalue weighted by molar-refractivity contribution is 7.10. The Morgan fingerprint density at radius 1 is 1.27 bits per heavy atom. The van der Waals surface area contributed by atoms with Crippen molar-refractivity contribution in [2.75, 3.05) is 10.6 Å². The van der Waals surface area contributed by atoms with E-state index in [1.54, 1.807) is 16.0 Å². The molecule has 0 spiro atoms. The van der Waals surface area contributed by atoms with Gasteiger partial charge in [-0.3, -0.25) is 4.79 Å². The quantitative estimate of drug-likeness (QED) is 0.739. The number of carbonyl (C=O) groups excluding carboxylic acids is 1. The molecule has 1 aliphatic heterocycles. The van der Waals surface area contributed by atoms with E-state index in [0.717, 1.165) is 21.8 Å². The lowest BCUT2D eigenvalue weighted by Crippen LogP contribution is -2.31. The number of hydrogen-bond donors (Lipinski definition) is 2. The van der Waals surface area contributed by atoms with E-state index in [0.29, 0.717) is 11.5 Å². The van der Waals surface area contributed by atoms with Gasteiger partial charge in [0.25, 0.3) is 5.91 Å². The average molecular weight is 365 g/mol. The summed E-state index contributed by atoms with van der Waals surface area (Å²) in [5.74, 6) is 0.505. The van der Waals surface area contributed by atoms with E-state index in [2.05, 4.69) is 26.8 Å². The second kappa shape index (κ2) is 6.42. The first-order valence-corrected chi connectivity index (χ1v) is 9.22. The summed E-state index contributed by atoms with van der Waals surface area (Å²) < 4.78 is 1.76. The van der Waals surface area contributed by atoms with Crippen molar-refractivity contribution in [2.45, 2.75) is 26.8 Å². The Morgan fingerprint density at radius 2 is 2.12 bits per heavy atom. The highest BCUT2D eigenvalue weighted by Crippen LogP contribution is 2.37. The smallest absolute Gasteiger partial charge is 0.255 e. The Balaban J connectivity index is 1.74. The van der Waals surface area contributed by atoms with Gasteiger partial charge in [-0.05, 0) is 43.8 Å². The molecular weight excluding hydrogens is 346 g/mol. The van der Waals surface area contributed by atoms with Gasteiger partial charge in [0.15, 0.2) is 0 Å². The van der Waals surface area contributed by atoms with Crippen LogP contribution in [0.25, 0.3) is 0 Å². The molecular formula is C19H19N5OS. The number of allylic oxidation sites excluding steroid dienone is 1. The Bertz CT molecular complexity index is 1000. The number of fused-ring (bicyclic) bond motifs is 1. The molecule has 0 saturated carbocycles. The molecule has 1 aromatic carbocycles. The minimum absolute atomic E-state index is 0.137. The second-order valence-corrected chi connectivity index (χ2v) is 7.36. The molecule has 2 aromatic heterocycles. The van der Waals surface area contributed by atoms with E-state index in [4.69, 9.17) is 0 Å². The number of aryl methyl sites for hydroxylation is 2. The van der Waals surface area contributed by atoms with Crippen molar-refractivity contribution in [1.82, 2.24) is 14.8 Å². The van der Waals surface area contributed by atoms with Crippen LogP contribution in [0.5, 0.6) is 0 Å². The summed E-state index contributed by atoms with van der Waals surface area (Å²) >= 11 is 1.60. The van der Waals surface area contributed by atoms with Crippen LogP contribution in [0.2, 0.25) is 0 Å². The van der Waals surface area contributed by atoms with Crippen molar-refractivity contribution in [3.05, 3.63) is 69.3 Å². The number of nitrogens with zero attached hydrogens (tertiary/aromatic N) is 3. The third-order valence-electron chi connectivity index (χ3n) is 4.48. The zero-order valence-electron chi connectivity index (χ0n) is 14.8. The topological polar surface area (TPSA) is 71.8 Å². The number of aromatic nitrogens is 3. The van der Waals surface area contributed by atoms with Crippen LogP contribution in [0.4, 0.5) is 11.6 Å². The molecule has 1 unspecified atom stereocenters. The van der Waals surface area contributed by atoms with E-state index in [9.17, 15) is 4.79 Å². The third-order valence-corrected chi connectivity index (χ3v) is 5.41. The maximum absolute atomic E-state index is 13.2. The molecule has 0 radical (unpaired) electrons. The van der Waals surface area contributed by atoms with Crippen LogP contribution in [0, 0.1) is 13.8 Å². The normalized spacial score (nSPS) is 16.2. The minimum atomic E-state index is -0.292. The first kappa shape index (κ1) is 16.5. The summed E-state index contributed by atoms with van der Waals surface area (Å²) in [6.07, 6.45) is 1.50. The molecule has 1 aliphatic rings.